The molecule has 0 bridgehead atoms. The van der Waals surface area contributed by atoms with Crippen LogP contribution in [-0.4, -0.2) is 22.8 Å². The number of anilines is 1. The van der Waals surface area contributed by atoms with Crippen molar-refractivity contribution >= 4 is 11.7 Å². The van der Waals surface area contributed by atoms with Crippen LogP contribution in [0.2, 0.25) is 0 Å². The summed E-state index contributed by atoms with van der Waals surface area (Å²) in [6.45, 7) is 1.91. The highest BCUT2D eigenvalue weighted by atomic mass is 16.5. The minimum absolute atomic E-state index is 0.0327. The van der Waals surface area contributed by atoms with Crippen molar-refractivity contribution in [3.05, 3.63) is 53.6 Å². The topological polar surface area (TPSA) is 78.8 Å². The molecule has 0 fully saturated rings. The summed E-state index contributed by atoms with van der Waals surface area (Å²) >= 11 is 0. The monoisotopic (exact) mass is 285 g/mol. The molecule has 3 N–H and O–H groups in total. The predicted octanol–water partition coefficient (Wildman–Crippen LogP) is 2.49. The first-order chi connectivity index (χ1) is 10.0. The van der Waals surface area contributed by atoms with E-state index in [4.69, 9.17) is 4.74 Å². The maximum absolute atomic E-state index is 11.9. The molecule has 0 spiro atoms. The van der Waals surface area contributed by atoms with Crippen molar-refractivity contribution in [1.82, 2.24) is 0 Å². The minimum atomic E-state index is -1.35. The van der Waals surface area contributed by atoms with Gasteiger partial charge in [0.2, 0.25) is 0 Å². The summed E-state index contributed by atoms with van der Waals surface area (Å²) < 4.78 is 5.46. The number of ether oxygens (including phenoxy) is 1. The van der Waals surface area contributed by atoms with Crippen molar-refractivity contribution in [2.45, 2.75) is 12.5 Å². The quantitative estimate of drug-likeness (QED) is 0.807. The second-order valence-electron chi connectivity index (χ2n) is 5.17. The maximum Gasteiger partial charge on any atom is 0.337 e. The Balaban J connectivity index is 2.06. The average Bonchev–Trinajstić information content (AvgIpc) is 2.78. The van der Waals surface area contributed by atoms with Crippen molar-refractivity contribution in [2.24, 2.45) is 0 Å². The Kier molecular flexibility index (Phi) is 2.97. The van der Waals surface area contributed by atoms with Crippen molar-refractivity contribution in [3.63, 3.8) is 0 Å². The zero-order valence-electron chi connectivity index (χ0n) is 11.5. The number of phenolic OH excluding ortho intramolecular Hbond substituents is 1. The average molecular weight is 285 g/mol. The van der Waals surface area contributed by atoms with Gasteiger partial charge in [-0.25, -0.2) is 4.79 Å². The molecule has 1 heterocycles. The molecule has 2 aromatic rings. The van der Waals surface area contributed by atoms with Gasteiger partial charge in [0.1, 0.15) is 18.1 Å². The number of hydrogen-bond acceptors (Lipinski definition) is 4. The number of carboxylic acids is 1. The molecule has 5 heteroatoms. The molecule has 0 aromatic heterocycles. The van der Waals surface area contributed by atoms with Gasteiger partial charge in [-0.15, -0.1) is 0 Å². The Morgan fingerprint density at radius 3 is 2.81 bits per heavy atom. The van der Waals surface area contributed by atoms with Crippen LogP contribution in [0.4, 0.5) is 5.69 Å². The molecule has 1 aliphatic heterocycles. The molecule has 0 radical (unpaired) electrons. The standard InChI is InChI=1S/C16H15NO4/c1-10-3-2-4-11(7-10)17-16(15(19)20)9-21-14-8-12(18)5-6-13(14)16/h2-8,17-18H,9H2,1H3,(H,19,20). The van der Waals surface area contributed by atoms with Crippen molar-refractivity contribution in [2.75, 3.05) is 11.9 Å². The van der Waals surface area contributed by atoms with Crippen LogP contribution in [0, 0.1) is 6.92 Å². The van der Waals surface area contributed by atoms with Gasteiger partial charge >= 0.3 is 5.97 Å². The third-order valence-electron chi connectivity index (χ3n) is 3.61. The second-order valence-corrected chi connectivity index (χ2v) is 5.17. The number of aryl methyl sites for hydroxylation is 1. The van der Waals surface area contributed by atoms with Crippen molar-refractivity contribution < 1.29 is 19.7 Å². The van der Waals surface area contributed by atoms with Gasteiger partial charge in [-0.1, -0.05) is 12.1 Å². The Hall–Kier alpha value is -2.69. The van der Waals surface area contributed by atoms with E-state index in [0.717, 1.165) is 5.56 Å². The molecular formula is C16H15NO4. The summed E-state index contributed by atoms with van der Waals surface area (Å²) in [5.74, 6) is -0.587. The van der Waals surface area contributed by atoms with Crippen LogP contribution in [0.1, 0.15) is 11.1 Å². The number of aromatic hydroxyl groups is 1. The second kappa shape index (κ2) is 4.70. The van der Waals surface area contributed by atoms with Gasteiger partial charge in [-0.05, 0) is 36.8 Å². The van der Waals surface area contributed by atoms with Gasteiger partial charge < -0.3 is 20.3 Å². The van der Waals surface area contributed by atoms with Crippen LogP contribution in [0.25, 0.3) is 0 Å². The van der Waals surface area contributed by atoms with Crippen LogP contribution < -0.4 is 10.1 Å². The Labute approximate surface area is 121 Å². The zero-order valence-corrected chi connectivity index (χ0v) is 11.5. The number of rotatable bonds is 3. The fraction of sp³-hybridized carbons (Fsp3) is 0.188. The number of benzene rings is 2. The number of phenols is 1. The molecule has 0 saturated carbocycles. The minimum Gasteiger partial charge on any atom is -0.508 e. The lowest BCUT2D eigenvalue weighted by atomic mass is 9.91. The van der Waals surface area contributed by atoms with Crippen molar-refractivity contribution in [1.29, 1.82) is 0 Å². The SMILES string of the molecule is Cc1cccc(NC2(C(=O)O)COc3cc(O)ccc32)c1. The molecule has 3 rings (SSSR count). The Bertz CT molecular complexity index is 713. The highest BCUT2D eigenvalue weighted by Crippen LogP contribution is 2.41. The van der Waals surface area contributed by atoms with Crippen LogP contribution in [0.5, 0.6) is 11.5 Å². The zero-order chi connectivity index (χ0) is 15.0. The summed E-state index contributed by atoms with van der Waals surface area (Å²) in [7, 11) is 0. The number of hydrogen-bond donors (Lipinski definition) is 3. The molecule has 1 unspecified atom stereocenters. The van der Waals surface area contributed by atoms with E-state index in [9.17, 15) is 15.0 Å². The third kappa shape index (κ3) is 2.16. The molecule has 0 aliphatic carbocycles. The van der Waals surface area contributed by atoms with Gasteiger partial charge in [0, 0.05) is 17.3 Å². The first kappa shape index (κ1) is 13.3. The van der Waals surface area contributed by atoms with E-state index in [2.05, 4.69) is 5.32 Å². The molecule has 2 aromatic carbocycles. The lowest BCUT2D eigenvalue weighted by Gasteiger charge is -2.26. The smallest absolute Gasteiger partial charge is 0.337 e. The number of nitrogens with one attached hydrogen (secondary N) is 1. The van der Waals surface area contributed by atoms with Gasteiger partial charge in [-0.3, -0.25) is 0 Å². The van der Waals surface area contributed by atoms with Crippen LogP contribution in [-0.2, 0) is 10.3 Å². The van der Waals surface area contributed by atoms with Gasteiger partial charge in [0.05, 0.1) is 0 Å². The van der Waals surface area contributed by atoms with Crippen LogP contribution >= 0.6 is 0 Å². The number of carboxylic acid groups (broad SMARTS) is 1. The maximum atomic E-state index is 11.9. The lowest BCUT2D eigenvalue weighted by Crippen LogP contribution is -2.45. The van der Waals surface area contributed by atoms with Gasteiger partial charge in [0.15, 0.2) is 5.54 Å². The Morgan fingerprint density at radius 2 is 2.10 bits per heavy atom. The summed E-state index contributed by atoms with van der Waals surface area (Å²) in [5.41, 5.74) is 0.901. The molecule has 0 amide bonds. The summed E-state index contributed by atoms with van der Waals surface area (Å²) in [6, 6.07) is 12.0. The molecule has 1 aliphatic rings. The molecule has 0 saturated heterocycles. The third-order valence-corrected chi connectivity index (χ3v) is 3.61. The molecule has 108 valence electrons. The largest absolute Gasteiger partial charge is 0.508 e. The highest BCUT2D eigenvalue weighted by Gasteiger charge is 2.48. The van der Waals surface area contributed by atoms with E-state index >= 15 is 0 Å². The van der Waals surface area contributed by atoms with E-state index in [1.807, 2.05) is 31.2 Å². The molecule has 5 nitrogen and oxygen atoms in total. The summed E-state index contributed by atoms with van der Waals surface area (Å²) in [6.07, 6.45) is 0. The molecular weight excluding hydrogens is 270 g/mol. The van der Waals surface area contributed by atoms with E-state index in [0.29, 0.717) is 17.0 Å². The highest BCUT2D eigenvalue weighted by molar-refractivity contribution is 5.87. The molecule has 1 atom stereocenters. The fourth-order valence-electron chi connectivity index (χ4n) is 2.55. The molecule has 21 heavy (non-hydrogen) atoms. The van der Waals surface area contributed by atoms with Crippen LogP contribution in [0.3, 0.4) is 0 Å². The van der Waals surface area contributed by atoms with E-state index in [1.165, 1.54) is 12.1 Å². The normalized spacial score (nSPS) is 19.7. The van der Waals surface area contributed by atoms with E-state index < -0.39 is 11.5 Å². The Morgan fingerprint density at radius 1 is 1.29 bits per heavy atom. The summed E-state index contributed by atoms with van der Waals surface area (Å²) in [4.78, 5) is 11.9. The fourth-order valence-corrected chi connectivity index (χ4v) is 2.55. The van der Waals surface area contributed by atoms with E-state index in [-0.39, 0.29) is 12.4 Å². The first-order valence-corrected chi connectivity index (χ1v) is 6.56. The van der Waals surface area contributed by atoms with Gasteiger partial charge in [0.25, 0.3) is 0 Å². The predicted molar refractivity (Wildman–Crippen MR) is 77.7 cm³/mol. The lowest BCUT2D eigenvalue weighted by molar-refractivity contribution is -0.143. The van der Waals surface area contributed by atoms with Crippen LogP contribution in [0.15, 0.2) is 42.5 Å². The number of aliphatic carboxylic acids is 1. The van der Waals surface area contributed by atoms with E-state index in [1.54, 1.807) is 6.07 Å². The van der Waals surface area contributed by atoms with Gasteiger partial charge in [-0.2, -0.15) is 0 Å². The summed E-state index contributed by atoms with van der Waals surface area (Å²) in [5, 5.41) is 22.3. The number of carbonyl (C=O) groups is 1. The first-order valence-electron chi connectivity index (χ1n) is 6.56. The van der Waals surface area contributed by atoms with Crippen molar-refractivity contribution in [3.8, 4) is 11.5 Å². The number of fused-ring (bicyclic) bond motifs is 1.